The minimum absolute atomic E-state index is 0.172. The molecule has 0 atom stereocenters. The summed E-state index contributed by atoms with van der Waals surface area (Å²) in [5.41, 5.74) is 2.47. The fourth-order valence-electron chi connectivity index (χ4n) is 2.75. The molecule has 0 aromatic heterocycles. The molecule has 5 nitrogen and oxygen atoms in total. The topological polar surface area (TPSA) is 67.8 Å². The maximum atomic E-state index is 10.4. The van der Waals surface area contributed by atoms with Gasteiger partial charge in [-0.3, -0.25) is 4.79 Å². The van der Waals surface area contributed by atoms with Crippen molar-refractivity contribution in [1.29, 1.82) is 0 Å². The highest BCUT2D eigenvalue weighted by Crippen LogP contribution is 2.14. The SMILES string of the molecule is O=C(O)CCNCCCc1ccc(OCCCCOCc2ccccc2)cc1. The standard InChI is InChI=1S/C23H31NO4/c25-23(26)14-16-24-15-6-9-20-10-12-22(13-11-20)28-18-5-4-17-27-19-21-7-2-1-3-8-21/h1-3,7-8,10-13,24H,4-6,9,14-19H2,(H,25,26). The van der Waals surface area contributed by atoms with Gasteiger partial charge in [-0.25, -0.2) is 0 Å². The predicted molar refractivity (Wildman–Crippen MR) is 111 cm³/mol. The molecule has 0 fully saturated rings. The number of ether oxygens (including phenoxy) is 2. The summed E-state index contributed by atoms with van der Waals surface area (Å²) in [6.07, 6.45) is 4.09. The Hall–Kier alpha value is -2.37. The number of carbonyl (C=O) groups is 1. The number of hydrogen-bond acceptors (Lipinski definition) is 4. The largest absolute Gasteiger partial charge is 0.494 e. The maximum Gasteiger partial charge on any atom is 0.304 e. The number of rotatable bonds is 15. The predicted octanol–water partition coefficient (Wildman–Crippen LogP) is 4.06. The molecule has 0 radical (unpaired) electrons. The highest BCUT2D eigenvalue weighted by atomic mass is 16.5. The van der Waals surface area contributed by atoms with Gasteiger partial charge in [0.05, 0.1) is 19.6 Å². The quantitative estimate of drug-likeness (QED) is 0.453. The first kappa shape index (κ1) is 21.9. The first-order valence-corrected chi connectivity index (χ1v) is 10.00. The van der Waals surface area contributed by atoms with Gasteiger partial charge in [-0.1, -0.05) is 42.5 Å². The van der Waals surface area contributed by atoms with Crippen LogP contribution < -0.4 is 10.1 Å². The van der Waals surface area contributed by atoms with Crippen LogP contribution in [0.4, 0.5) is 0 Å². The second kappa shape index (κ2) is 13.7. The second-order valence-electron chi connectivity index (χ2n) is 6.73. The van der Waals surface area contributed by atoms with Crippen LogP contribution in [0.15, 0.2) is 54.6 Å². The van der Waals surface area contributed by atoms with Crippen molar-refractivity contribution in [3.63, 3.8) is 0 Å². The summed E-state index contributed by atoms with van der Waals surface area (Å²) in [4.78, 5) is 10.4. The average Bonchev–Trinajstić information content (AvgIpc) is 2.71. The Morgan fingerprint density at radius 1 is 0.857 bits per heavy atom. The van der Waals surface area contributed by atoms with Gasteiger partial charge in [0, 0.05) is 13.2 Å². The molecule has 152 valence electrons. The summed E-state index contributed by atoms with van der Waals surface area (Å²) in [6, 6.07) is 18.4. The van der Waals surface area contributed by atoms with E-state index in [2.05, 4.69) is 29.6 Å². The van der Waals surface area contributed by atoms with Crippen LogP contribution in [0.1, 0.15) is 36.8 Å². The first-order valence-electron chi connectivity index (χ1n) is 10.00. The minimum atomic E-state index is -0.761. The molecule has 0 bridgehead atoms. The van der Waals surface area contributed by atoms with E-state index >= 15 is 0 Å². The van der Waals surface area contributed by atoms with E-state index in [1.165, 1.54) is 11.1 Å². The third-order valence-electron chi connectivity index (χ3n) is 4.32. The molecule has 2 aromatic rings. The molecule has 28 heavy (non-hydrogen) atoms. The Labute approximate surface area is 167 Å². The molecule has 0 unspecified atom stereocenters. The van der Waals surface area contributed by atoms with Crippen molar-refractivity contribution in [2.45, 2.75) is 38.7 Å². The smallest absolute Gasteiger partial charge is 0.304 e. The lowest BCUT2D eigenvalue weighted by Crippen LogP contribution is -2.19. The zero-order valence-corrected chi connectivity index (χ0v) is 16.4. The summed E-state index contributed by atoms with van der Waals surface area (Å²) in [5, 5.41) is 11.7. The molecule has 0 amide bonds. The number of hydrogen-bond donors (Lipinski definition) is 2. The van der Waals surface area contributed by atoms with Gasteiger partial charge in [0.2, 0.25) is 0 Å². The van der Waals surface area contributed by atoms with Gasteiger partial charge in [-0.15, -0.1) is 0 Å². The van der Waals surface area contributed by atoms with Crippen LogP contribution >= 0.6 is 0 Å². The molecule has 0 aliphatic rings. The van der Waals surface area contributed by atoms with Crippen LogP contribution in [0.3, 0.4) is 0 Å². The molecular weight excluding hydrogens is 354 g/mol. The minimum Gasteiger partial charge on any atom is -0.494 e. The van der Waals surface area contributed by atoms with Crippen molar-refractivity contribution in [3.8, 4) is 5.75 Å². The number of aliphatic carboxylic acids is 1. The van der Waals surface area contributed by atoms with Gasteiger partial charge in [-0.2, -0.15) is 0 Å². The van der Waals surface area contributed by atoms with Crippen molar-refractivity contribution < 1.29 is 19.4 Å². The lowest BCUT2D eigenvalue weighted by atomic mass is 10.1. The second-order valence-corrected chi connectivity index (χ2v) is 6.73. The van der Waals surface area contributed by atoms with Gasteiger partial charge in [0.1, 0.15) is 5.75 Å². The molecular formula is C23H31NO4. The number of benzene rings is 2. The van der Waals surface area contributed by atoms with E-state index in [0.717, 1.165) is 44.6 Å². The van der Waals surface area contributed by atoms with Gasteiger partial charge >= 0.3 is 5.97 Å². The summed E-state index contributed by atoms with van der Waals surface area (Å²) in [5.74, 6) is 0.135. The zero-order valence-electron chi connectivity index (χ0n) is 16.4. The molecule has 2 rings (SSSR count). The van der Waals surface area contributed by atoms with Gasteiger partial charge < -0.3 is 19.9 Å². The number of unbranched alkanes of at least 4 members (excludes halogenated alkanes) is 1. The highest BCUT2D eigenvalue weighted by molar-refractivity contribution is 5.66. The van der Waals surface area contributed by atoms with Crippen molar-refractivity contribution in [2.24, 2.45) is 0 Å². The molecule has 0 saturated heterocycles. The van der Waals surface area contributed by atoms with Crippen LogP contribution in [0.25, 0.3) is 0 Å². The van der Waals surface area contributed by atoms with Crippen molar-refractivity contribution in [1.82, 2.24) is 5.32 Å². The Balaban J connectivity index is 1.47. The first-order chi connectivity index (χ1) is 13.7. The fraction of sp³-hybridized carbons (Fsp3) is 0.435. The normalized spacial score (nSPS) is 10.7. The summed E-state index contributed by atoms with van der Waals surface area (Å²) in [7, 11) is 0. The Morgan fingerprint density at radius 3 is 2.36 bits per heavy atom. The van der Waals surface area contributed by atoms with E-state index in [9.17, 15) is 4.79 Å². The van der Waals surface area contributed by atoms with Crippen molar-refractivity contribution >= 4 is 5.97 Å². The highest BCUT2D eigenvalue weighted by Gasteiger charge is 1.99. The van der Waals surface area contributed by atoms with E-state index in [1.807, 2.05) is 30.3 Å². The monoisotopic (exact) mass is 385 g/mol. The number of nitrogens with one attached hydrogen (secondary N) is 1. The molecule has 2 N–H and O–H groups in total. The van der Waals surface area contributed by atoms with Gasteiger partial charge in [0.25, 0.3) is 0 Å². The number of carboxylic acid groups (broad SMARTS) is 1. The van der Waals surface area contributed by atoms with E-state index in [-0.39, 0.29) is 6.42 Å². The molecule has 2 aromatic carbocycles. The third kappa shape index (κ3) is 10.1. The molecule has 5 heteroatoms. The lowest BCUT2D eigenvalue weighted by Gasteiger charge is -2.08. The average molecular weight is 386 g/mol. The van der Waals surface area contributed by atoms with Crippen LogP contribution in [0.5, 0.6) is 5.75 Å². The van der Waals surface area contributed by atoms with Crippen LogP contribution in [0.2, 0.25) is 0 Å². The number of aryl methyl sites for hydroxylation is 1. The summed E-state index contributed by atoms with van der Waals surface area (Å²) < 4.78 is 11.5. The Morgan fingerprint density at radius 2 is 1.61 bits per heavy atom. The molecule has 0 aliphatic heterocycles. The molecule has 0 heterocycles. The van der Waals surface area contributed by atoms with Crippen LogP contribution in [-0.2, 0) is 22.6 Å². The third-order valence-corrected chi connectivity index (χ3v) is 4.32. The van der Waals surface area contributed by atoms with Crippen LogP contribution in [-0.4, -0.2) is 37.4 Å². The molecule has 0 spiro atoms. The van der Waals surface area contributed by atoms with Crippen molar-refractivity contribution in [2.75, 3.05) is 26.3 Å². The van der Waals surface area contributed by atoms with E-state index in [0.29, 0.717) is 19.8 Å². The van der Waals surface area contributed by atoms with Crippen LogP contribution in [0, 0.1) is 0 Å². The van der Waals surface area contributed by atoms with Gasteiger partial charge in [0.15, 0.2) is 0 Å². The van der Waals surface area contributed by atoms with Gasteiger partial charge in [-0.05, 0) is 55.5 Å². The van der Waals surface area contributed by atoms with E-state index < -0.39 is 5.97 Å². The van der Waals surface area contributed by atoms with Crippen molar-refractivity contribution in [3.05, 3.63) is 65.7 Å². The Bertz CT molecular complexity index is 658. The number of carboxylic acids is 1. The zero-order chi connectivity index (χ0) is 19.9. The maximum absolute atomic E-state index is 10.4. The summed E-state index contributed by atoms with van der Waals surface area (Å²) >= 11 is 0. The van der Waals surface area contributed by atoms with E-state index in [1.54, 1.807) is 0 Å². The molecule has 0 aliphatic carbocycles. The van der Waals surface area contributed by atoms with E-state index in [4.69, 9.17) is 14.6 Å². The fourth-order valence-corrected chi connectivity index (χ4v) is 2.75. The lowest BCUT2D eigenvalue weighted by molar-refractivity contribution is -0.136. The summed E-state index contributed by atoms with van der Waals surface area (Å²) in [6.45, 7) is 3.47. The Kier molecular flexibility index (Phi) is 10.8. The molecule has 0 saturated carbocycles.